The molecule has 1 aromatic heterocycles. The summed E-state index contributed by atoms with van der Waals surface area (Å²) in [4.78, 5) is 32.2. The lowest BCUT2D eigenvalue weighted by atomic mass is 10.0. The van der Waals surface area contributed by atoms with Gasteiger partial charge in [-0.25, -0.2) is 0 Å². The van der Waals surface area contributed by atoms with Crippen LogP contribution < -0.4 is 4.90 Å². The Morgan fingerprint density at radius 2 is 1.53 bits per heavy atom. The van der Waals surface area contributed by atoms with E-state index in [4.69, 9.17) is 0 Å². The number of benzene rings is 2. The molecular weight excluding hydrogens is 450 g/mol. The Balaban J connectivity index is 1.40. The van der Waals surface area contributed by atoms with Crippen molar-refractivity contribution in [3.8, 4) is 11.3 Å². The molecule has 7 heteroatoms. The largest absolute Gasteiger partial charge is 0.353 e. The van der Waals surface area contributed by atoms with Gasteiger partial charge in [-0.15, -0.1) is 10.2 Å². The van der Waals surface area contributed by atoms with Crippen LogP contribution in [0, 0.1) is 5.92 Å². The molecule has 36 heavy (non-hydrogen) atoms. The van der Waals surface area contributed by atoms with Gasteiger partial charge in [0.25, 0.3) is 0 Å². The smallest absolute Gasteiger partial charge is 0.242 e. The lowest BCUT2D eigenvalue weighted by molar-refractivity contribution is -0.144. The van der Waals surface area contributed by atoms with Gasteiger partial charge in [-0.05, 0) is 31.0 Å². The minimum atomic E-state index is -0.180. The molecule has 1 aliphatic rings. The third-order valence-electron chi connectivity index (χ3n) is 6.72. The molecular formula is C29H35N5O2. The van der Waals surface area contributed by atoms with Crippen LogP contribution in [0.5, 0.6) is 0 Å². The summed E-state index contributed by atoms with van der Waals surface area (Å²) in [7, 11) is 0. The number of anilines is 1. The number of carbonyl (C=O) groups excluding carboxylic acids is 2. The Morgan fingerprint density at radius 3 is 2.17 bits per heavy atom. The summed E-state index contributed by atoms with van der Waals surface area (Å²) in [5, 5.41) is 8.87. The minimum absolute atomic E-state index is 0.00932. The second-order valence-corrected chi connectivity index (χ2v) is 9.57. The average molecular weight is 486 g/mol. The van der Waals surface area contributed by atoms with E-state index >= 15 is 0 Å². The highest BCUT2D eigenvalue weighted by atomic mass is 16.2. The van der Waals surface area contributed by atoms with Crippen LogP contribution in [-0.4, -0.2) is 64.5 Å². The zero-order valence-electron chi connectivity index (χ0n) is 21.4. The molecule has 1 aliphatic heterocycles. The van der Waals surface area contributed by atoms with Gasteiger partial charge in [-0.2, -0.15) is 0 Å². The fourth-order valence-electron chi connectivity index (χ4n) is 4.55. The molecule has 1 unspecified atom stereocenters. The van der Waals surface area contributed by atoms with Crippen molar-refractivity contribution in [3.63, 3.8) is 0 Å². The maximum Gasteiger partial charge on any atom is 0.242 e. The van der Waals surface area contributed by atoms with Crippen LogP contribution in [0.4, 0.5) is 5.82 Å². The lowest BCUT2D eigenvalue weighted by Gasteiger charge is -2.32. The summed E-state index contributed by atoms with van der Waals surface area (Å²) >= 11 is 0. The molecule has 0 radical (unpaired) electrons. The Morgan fingerprint density at radius 1 is 0.833 bits per heavy atom. The van der Waals surface area contributed by atoms with Gasteiger partial charge in [-0.3, -0.25) is 9.59 Å². The monoisotopic (exact) mass is 485 g/mol. The van der Waals surface area contributed by atoms with Crippen molar-refractivity contribution < 1.29 is 9.59 Å². The Labute approximate surface area is 213 Å². The predicted molar refractivity (Wildman–Crippen MR) is 142 cm³/mol. The third kappa shape index (κ3) is 6.08. The van der Waals surface area contributed by atoms with E-state index in [0.717, 1.165) is 35.6 Å². The standard InChI is InChI=1S/C29H35N5O2/c1-22(2)29(36)34(23(3)24-11-6-4-7-12-24)21-28(35)33-18-10-17-32(19-20-33)27-16-15-26(30-31-27)25-13-8-5-9-14-25/h4-9,11-16,22-23H,10,17-21H2,1-3H3. The van der Waals surface area contributed by atoms with Crippen LogP contribution in [0.3, 0.4) is 0 Å². The van der Waals surface area contributed by atoms with E-state index in [1.54, 1.807) is 4.90 Å². The van der Waals surface area contributed by atoms with E-state index in [1.165, 1.54) is 0 Å². The highest BCUT2D eigenvalue weighted by Crippen LogP contribution is 2.23. The number of nitrogens with zero attached hydrogens (tertiary/aromatic N) is 5. The molecule has 3 aromatic rings. The highest BCUT2D eigenvalue weighted by molar-refractivity contribution is 5.86. The summed E-state index contributed by atoms with van der Waals surface area (Å²) in [6, 6.07) is 23.7. The molecule has 0 aliphatic carbocycles. The van der Waals surface area contributed by atoms with Crippen LogP contribution >= 0.6 is 0 Å². The molecule has 0 spiro atoms. The molecule has 2 aromatic carbocycles. The fraction of sp³-hybridized carbons (Fsp3) is 0.379. The summed E-state index contributed by atoms with van der Waals surface area (Å²) in [6.45, 7) is 8.56. The van der Waals surface area contributed by atoms with Crippen molar-refractivity contribution in [2.75, 3.05) is 37.6 Å². The topological polar surface area (TPSA) is 69.6 Å². The average Bonchev–Trinajstić information content (AvgIpc) is 3.18. The zero-order chi connectivity index (χ0) is 25.5. The summed E-state index contributed by atoms with van der Waals surface area (Å²) in [5.74, 6) is 0.614. The van der Waals surface area contributed by atoms with Crippen LogP contribution in [0.1, 0.15) is 38.8 Å². The Bertz CT molecular complexity index is 1140. The van der Waals surface area contributed by atoms with Gasteiger partial charge < -0.3 is 14.7 Å². The Hall–Kier alpha value is -3.74. The SMILES string of the molecule is CC(C)C(=O)N(CC(=O)N1CCCN(c2ccc(-c3ccccc3)nn2)CC1)C(C)c1ccccc1. The van der Waals surface area contributed by atoms with Crippen molar-refractivity contribution in [2.24, 2.45) is 5.92 Å². The second-order valence-electron chi connectivity index (χ2n) is 9.57. The van der Waals surface area contributed by atoms with E-state index in [0.29, 0.717) is 19.6 Å². The minimum Gasteiger partial charge on any atom is -0.353 e. The molecule has 1 fully saturated rings. The van der Waals surface area contributed by atoms with Gasteiger partial charge in [0.05, 0.1) is 11.7 Å². The normalized spacial score (nSPS) is 14.9. The zero-order valence-corrected chi connectivity index (χ0v) is 21.4. The first kappa shape index (κ1) is 25.4. The predicted octanol–water partition coefficient (Wildman–Crippen LogP) is 4.43. The van der Waals surface area contributed by atoms with E-state index in [-0.39, 0.29) is 30.3 Å². The van der Waals surface area contributed by atoms with E-state index in [2.05, 4.69) is 15.1 Å². The Kier molecular flexibility index (Phi) is 8.31. The molecule has 4 rings (SSSR count). The van der Waals surface area contributed by atoms with E-state index in [9.17, 15) is 9.59 Å². The highest BCUT2D eigenvalue weighted by Gasteiger charge is 2.28. The van der Waals surface area contributed by atoms with Crippen molar-refractivity contribution in [2.45, 2.75) is 33.2 Å². The van der Waals surface area contributed by atoms with Crippen LogP contribution in [0.2, 0.25) is 0 Å². The number of amides is 2. The number of rotatable bonds is 7. The number of carbonyl (C=O) groups is 2. The van der Waals surface area contributed by atoms with Crippen molar-refractivity contribution in [3.05, 3.63) is 78.4 Å². The van der Waals surface area contributed by atoms with Gasteiger partial charge in [0, 0.05) is 37.7 Å². The van der Waals surface area contributed by atoms with E-state index < -0.39 is 0 Å². The van der Waals surface area contributed by atoms with E-state index in [1.807, 2.05) is 98.5 Å². The molecule has 2 heterocycles. The van der Waals surface area contributed by atoms with Gasteiger partial charge in [0.1, 0.15) is 6.54 Å². The maximum atomic E-state index is 13.4. The summed E-state index contributed by atoms with van der Waals surface area (Å²) < 4.78 is 0. The number of hydrogen-bond acceptors (Lipinski definition) is 5. The van der Waals surface area contributed by atoms with Crippen molar-refractivity contribution >= 4 is 17.6 Å². The van der Waals surface area contributed by atoms with Gasteiger partial charge in [-0.1, -0.05) is 74.5 Å². The van der Waals surface area contributed by atoms with Gasteiger partial charge in [0.15, 0.2) is 5.82 Å². The first-order valence-electron chi connectivity index (χ1n) is 12.7. The third-order valence-corrected chi connectivity index (χ3v) is 6.72. The van der Waals surface area contributed by atoms with Crippen molar-refractivity contribution in [1.29, 1.82) is 0 Å². The van der Waals surface area contributed by atoms with Crippen LogP contribution in [0.25, 0.3) is 11.3 Å². The molecule has 188 valence electrons. The second kappa shape index (κ2) is 11.8. The van der Waals surface area contributed by atoms with Gasteiger partial charge in [0.2, 0.25) is 11.8 Å². The molecule has 1 saturated heterocycles. The molecule has 0 N–H and O–H groups in total. The number of hydrogen-bond donors (Lipinski definition) is 0. The van der Waals surface area contributed by atoms with Crippen LogP contribution in [-0.2, 0) is 9.59 Å². The summed E-state index contributed by atoms with van der Waals surface area (Å²) in [5.41, 5.74) is 2.90. The maximum absolute atomic E-state index is 13.4. The molecule has 7 nitrogen and oxygen atoms in total. The lowest BCUT2D eigenvalue weighted by Crippen LogP contribution is -2.46. The quantitative estimate of drug-likeness (QED) is 0.495. The molecule has 2 amide bonds. The first-order chi connectivity index (χ1) is 17.4. The van der Waals surface area contributed by atoms with Gasteiger partial charge >= 0.3 is 0 Å². The van der Waals surface area contributed by atoms with Crippen LogP contribution in [0.15, 0.2) is 72.8 Å². The molecule has 1 atom stereocenters. The molecule has 0 saturated carbocycles. The fourth-order valence-corrected chi connectivity index (χ4v) is 4.55. The number of aromatic nitrogens is 2. The van der Waals surface area contributed by atoms with Crippen molar-refractivity contribution in [1.82, 2.24) is 20.0 Å². The first-order valence-corrected chi connectivity index (χ1v) is 12.7. The summed E-state index contributed by atoms with van der Waals surface area (Å²) in [6.07, 6.45) is 0.834. The molecule has 0 bridgehead atoms.